The molecule has 1 aliphatic heterocycles. The molecular weight excluding hydrogens is 529 g/mol. The summed E-state index contributed by atoms with van der Waals surface area (Å²) in [7, 11) is 0. The average Bonchev–Trinajstić information content (AvgIpc) is 3.35. The van der Waals surface area contributed by atoms with Gasteiger partial charge in [0.25, 0.3) is 5.91 Å². The van der Waals surface area contributed by atoms with Crippen molar-refractivity contribution < 1.29 is 28.6 Å². The van der Waals surface area contributed by atoms with Crippen LogP contribution in [0.2, 0.25) is 0 Å². The van der Waals surface area contributed by atoms with Crippen LogP contribution in [0.4, 0.5) is 4.39 Å². The number of rotatable bonds is 7. The highest BCUT2D eigenvalue weighted by molar-refractivity contribution is 5.93. The van der Waals surface area contributed by atoms with Crippen LogP contribution >= 0.6 is 0 Å². The van der Waals surface area contributed by atoms with Crippen molar-refractivity contribution in [2.45, 2.75) is 65.7 Å². The molecule has 0 aliphatic carbocycles. The number of ether oxygens (including phenoxy) is 2. The number of nitrogens with zero attached hydrogens (tertiary/aromatic N) is 4. The van der Waals surface area contributed by atoms with E-state index < -0.39 is 29.4 Å². The molecule has 2 N–H and O–H groups in total. The van der Waals surface area contributed by atoms with Gasteiger partial charge in [-0.25, -0.2) is 18.7 Å². The Bertz CT molecular complexity index is 1650. The largest absolute Gasteiger partial charge is 0.490 e. The van der Waals surface area contributed by atoms with Crippen LogP contribution in [0.3, 0.4) is 0 Å². The first-order valence-corrected chi connectivity index (χ1v) is 13.4. The SMILES string of the molecule is Cc1nc2cc(C(=O)NCc3ccccn3)nn2c(-c2cc(F)c3c(c2C)CCCO3)c1[C@H](OC(C)(C)C)C(=O)O. The van der Waals surface area contributed by atoms with Crippen LogP contribution in [-0.4, -0.2) is 48.8 Å². The topological polar surface area (TPSA) is 128 Å². The molecule has 4 aromatic rings. The molecule has 0 fully saturated rings. The minimum absolute atomic E-state index is 0.0641. The predicted octanol–water partition coefficient (Wildman–Crippen LogP) is 4.74. The monoisotopic (exact) mass is 561 g/mol. The summed E-state index contributed by atoms with van der Waals surface area (Å²) in [5, 5.41) is 17.6. The molecule has 11 heteroatoms. The Balaban J connectivity index is 1.72. The predicted molar refractivity (Wildman–Crippen MR) is 148 cm³/mol. The summed E-state index contributed by atoms with van der Waals surface area (Å²) in [6.07, 6.45) is 1.52. The van der Waals surface area contributed by atoms with Crippen molar-refractivity contribution in [3.05, 3.63) is 76.1 Å². The Hall–Kier alpha value is -4.38. The first-order chi connectivity index (χ1) is 19.4. The lowest BCUT2D eigenvalue weighted by Gasteiger charge is -2.28. The van der Waals surface area contributed by atoms with E-state index >= 15 is 4.39 Å². The maximum absolute atomic E-state index is 15.5. The summed E-state index contributed by atoms with van der Waals surface area (Å²) < 4.78 is 28.5. The molecule has 0 spiro atoms. The van der Waals surface area contributed by atoms with E-state index in [1.165, 1.54) is 16.6 Å². The Kier molecular flexibility index (Phi) is 7.48. The number of hydrogen-bond donors (Lipinski definition) is 2. The standard InChI is InChI=1S/C30H32FN5O5/c1-16-19-10-8-12-40-26(19)21(31)13-20(16)25-24(27(29(38)39)41-30(3,4)5)17(2)34-23-14-22(35-36(23)25)28(37)33-15-18-9-6-7-11-32-18/h6-7,9,11,13-14,27H,8,10,12,15H2,1-5H3,(H,33,37)(H,38,39)/t27-/m0/s1. The number of pyridine rings is 1. The van der Waals surface area contributed by atoms with Gasteiger partial charge in [-0.2, -0.15) is 5.10 Å². The van der Waals surface area contributed by atoms with Gasteiger partial charge in [-0.3, -0.25) is 9.78 Å². The molecule has 41 heavy (non-hydrogen) atoms. The van der Waals surface area contributed by atoms with E-state index in [4.69, 9.17) is 9.47 Å². The van der Waals surface area contributed by atoms with E-state index in [0.717, 1.165) is 12.0 Å². The fraction of sp³-hybridized carbons (Fsp3) is 0.367. The summed E-state index contributed by atoms with van der Waals surface area (Å²) in [5.74, 6) is -2.05. The van der Waals surface area contributed by atoms with Crippen LogP contribution in [-0.2, 0) is 22.5 Å². The molecule has 1 aliphatic rings. The zero-order chi connectivity index (χ0) is 29.5. The van der Waals surface area contributed by atoms with Gasteiger partial charge in [-0.05, 0) is 71.2 Å². The zero-order valence-electron chi connectivity index (χ0n) is 23.6. The third-order valence-electron chi connectivity index (χ3n) is 6.87. The normalized spacial score (nSPS) is 13.9. The number of aromatic nitrogens is 4. The van der Waals surface area contributed by atoms with Gasteiger partial charge in [0.05, 0.1) is 30.1 Å². The fourth-order valence-electron chi connectivity index (χ4n) is 5.07. The second-order valence-corrected chi connectivity index (χ2v) is 11.0. The number of halogens is 1. The van der Waals surface area contributed by atoms with E-state index in [9.17, 15) is 14.7 Å². The zero-order valence-corrected chi connectivity index (χ0v) is 23.6. The number of nitrogens with one attached hydrogen (secondary N) is 1. The van der Waals surface area contributed by atoms with Crippen molar-refractivity contribution in [2.24, 2.45) is 0 Å². The maximum atomic E-state index is 15.5. The number of carbonyl (C=O) groups excluding carboxylic acids is 1. The van der Waals surface area contributed by atoms with Gasteiger partial charge in [0.15, 0.2) is 29.0 Å². The summed E-state index contributed by atoms with van der Waals surface area (Å²) in [5.41, 5.74) is 2.95. The van der Waals surface area contributed by atoms with Gasteiger partial charge >= 0.3 is 5.97 Å². The van der Waals surface area contributed by atoms with Crippen molar-refractivity contribution in [2.75, 3.05) is 6.61 Å². The van der Waals surface area contributed by atoms with Crippen LogP contribution in [0.15, 0.2) is 36.5 Å². The molecule has 0 saturated carbocycles. The average molecular weight is 562 g/mol. The van der Waals surface area contributed by atoms with Gasteiger partial charge in [-0.15, -0.1) is 0 Å². The highest BCUT2D eigenvalue weighted by Gasteiger charge is 2.34. The smallest absolute Gasteiger partial charge is 0.337 e. The lowest BCUT2D eigenvalue weighted by molar-refractivity contribution is -0.160. The van der Waals surface area contributed by atoms with Gasteiger partial charge < -0.3 is 19.9 Å². The van der Waals surface area contributed by atoms with Crippen LogP contribution in [0, 0.1) is 19.7 Å². The molecule has 0 saturated heterocycles. The number of carbonyl (C=O) groups is 2. The molecule has 0 bridgehead atoms. The second-order valence-electron chi connectivity index (χ2n) is 11.0. The summed E-state index contributed by atoms with van der Waals surface area (Å²) in [6.45, 7) is 9.38. The van der Waals surface area contributed by atoms with Gasteiger partial charge in [-0.1, -0.05) is 6.07 Å². The molecule has 10 nitrogen and oxygen atoms in total. The number of fused-ring (bicyclic) bond motifs is 2. The summed E-state index contributed by atoms with van der Waals surface area (Å²) in [4.78, 5) is 34.5. The van der Waals surface area contributed by atoms with Gasteiger partial charge in [0.2, 0.25) is 0 Å². The molecule has 0 unspecified atom stereocenters. The minimum Gasteiger partial charge on any atom is -0.490 e. The molecule has 1 amide bonds. The van der Waals surface area contributed by atoms with E-state index in [0.29, 0.717) is 41.2 Å². The van der Waals surface area contributed by atoms with Crippen LogP contribution in [0.1, 0.15) is 71.9 Å². The number of hydrogen-bond acceptors (Lipinski definition) is 7. The molecule has 3 aromatic heterocycles. The number of amides is 1. The summed E-state index contributed by atoms with van der Waals surface area (Å²) >= 11 is 0. The molecule has 214 valence electrons. The fourth-order valence-corrected chi connectivity index (χ4v) is 5.07. The number of benzene rings is 1. The minimum atomic E-state index is -1.44. The first-order valence-electron chi connectivity index (χ1n) is 13.4. The molecule has 1 aromatic carbocycles. The molecule has 0 radical (unpaired) electrons. The maximum Gasteiger partial charge on any atom is 0.337 e. The van der Waals surface area contributed by atoms with Crippen molar-refractivity contribution in [3.63, 3.8) is 0 Å². The number of aliphatic carboxylic acids is 1. The Morgan fingerprint density at radius 3 is 2.71 bits per heavy atom. The van der Waals surface area contributed by atoms with Crippen molar-refractivity contribution in [1.82, 2.24) is 24.9 Å². The Morgan fingerprint density at radius 2 is 2.02 bits per heavy atom. The lowest BCUT2D eigenvalue weighted by atomic mass is 9.91. The highest BCUT2D eigenvalue weighted by atomic mass is 19.1. The van der Waals surface area contributed by atoms with E-state index in [-0.39, 0.29) is 29.2 Å². The third-order valence-corrected chi connectivity index (χ3v) is 6.87. The molecule has 1 atom stereocenters. The van der Waals surface area contributed by atoms with E-state index in [2.05, 4.69) is 20.4 Å². The quantitative estimate of drug-likeness (QED) is 0.331. The van der Waals surface area contributed by atoms with Crippen molar-refractivity contribution >= 4 is 17.5 Å². The number of carboxylic acid groups (broad SMARTS) is 1. The molecular formula is C30H32FN5O5. The van der Waals surface area contributed by atoms with Crippen molar-refractivity contribution in [3.8, 4) is 17.0 Å². The van der Waals surface area contributed by atoms with E-state index in [1.54, 1.807) is 46.0 Å². The number of carboxylic acids is 1. The second kappa shape index (κ2) is 10.9. The van der Waals surface area contributed by atoms with Gasteiger partial charge in [0, 0.05) is 34.6 Å². The van der Waals surface area contributed by atoms with Crippen LogP contribution in [0.25, 0.3) is 16.9 Å². The van der Waals surface area contributed by atoms with Crippen LogP contribution < -0.4 is 10.1 Å². The third kappa shape index (κ3) is 5.62. The Morgan fingerprint density at radius 1 is 1.24 bits per heavy atom. The number of aryl methyl sites for hydroxylation is 1. The summed E-state index contributed by atoms with van der Waals surface area (Å²) in [6, 6.07) is 8.24. The van der Waals surface area contributed by atoms with Crippen LogP contribution in [0.5, 0.6) is 5.75 Å². The van der Waals surface area contributed by atoms with Crippen molar-refractivity contribution in [1.29, 1.82) is 0 Å². The lowest BCUT2D eigenvalue weighted by Crippen LogP contribution is -2.29. The first kappa shape index (κ1) is 28.2. The van der Waals surface area contributed by atoms with E-state index in [1.807, 2.05) is 13.0 Å². The molecule has 5 rings (SSSR count). The highest BCUT2D eigenvalue weighted by Crippen LogP contribution is 2.41. The Labute approximate surface area is 236 Å². The molecule has 4 heterocycles. The van der Waals surface area contributed by atoms with Gasteiger partial charge in [0.1, 0.15) is 0 Å².